The average Bonchev–Trinajstić information content (AvgIpc) is 2.79. The summed E-state index contributed by atoms with van der Waals surface area (Å²) in [7, 11) is -3.75. The van der Waals surface area contributed by atoms with Crippen molar-refractivity contribution in [2.45, 2.75) is 71.4 Å². The maximum Gasteiger partial charge on any atom is 0.253 e. The van der Waals surface area contributed by atoms with Crippen LogP contribution in [0.25, 0.3) is 0 Å². The van der Waals surface area contributed by atoms with Crippen molar-refractivity contribution < 1.29 is 18.0 Å². The lowest BCUT2D eigenvalue weighted by Crippen LogP contribution is -2.47. The van der Waals surface area contributed by atoms with Gasteiger partial charge >= 0.3 is 0 Å². The maximum atomic E-state index is 13.4. The van der Waals surface area contributed by atoms with Crippen molar-refractivity contribution in [3.05, 3.63) is 59.2 Å². The molecule has 34 heavy (non-hydrogen) atoms. The monoisotopic (exact) mass is 485 g/mol. The zero-order valence-corrected chi connectivity index (χ0v) is 21.2. The Morgan fingerprint density at radius 2 is 1.71 bits per heavy atom. The molecule has 2 aromatic rings. The van der Waals surface area contributed by atoms with Crippen molar-refractivity contribution in [2.75, 3.05) is 15.9 Å². The third-order valence-corrected chi connectivity index (χ3v) is 7.62. The first-order valence-corrected chi connectivity index (χ1v) is 13.7. The second-order valence-corrected chi connectivity index (χ2v) is 11.0. The minimum absolute atomic E-state index is 0.138. The Morgan fingerprint density at radius 3 is 2.32 bits per heavy atom. The van der Waals surface area contributed by atoms with Crippen LogP contribution in [0.2, 0.25) is 0 Å². The second-order valence-electron chi connectivity index (χ2n) is 9.09. The molecule has 0 spiro atoms. The summed E-state index contributed by atoms with van der Waals surface area (Å²) >= 11 is 0. The fourth-order valence-corrected chi connectivity index (χ4v) is 5.64. The third-order valence-electron chi connectivity index (χ3n) is 6.44. The lowest BCUT2D eigenvalue weighted by Gasteiger charge is -2.30. The summed E-state index contributed by atoms with van der Waals surface area (Å²) in [5.41, 5.74) is 3.15. The van der Waals surface area contributed by atoms with Crippen molar-refractivity contribution in [1.29, 1.82) is 0 Å². The smallest absolute Gasteiger partial charge is 0.253 e. The van der Waals surface area contributed by atoms with Gasteiger partial charge in [0, 0.05) is 6.04 Å². The standard InChI is InChI=1S/C26H35N3O4S/c1-5-24(29(34(4,32)33)21-16-15-18(2)19(3)17-21)26(31)28-23-14-10-9-13-22(23)25(30)27-20-11-7-6-8-12-20/h9-10,13-17,20,24H,5-8,11-12H2,1-4H3,(H,27,30)(H,28,31)/t24-/m1/s1. The summed E-state index contributed by atoms with van der Waals surface area (Å²) < 4.78 is 26.7. The molecule has 0 aromatic heterocycles. The Morgan fingerprint density at radius 1 is 1.03 bits per heavy atom. The normalized spacial score (nSPS) is 15.4. The van der Waals surface area contributed by atoms with Crippen LogP contribution in [-0.2, 0) is 14.8 Å². The first-order valence-electron chi connectivity index (χ1n) is 11.9. The van der Waals surface area contributed by atoms with Gasteiger partial charge in [0.1, 0.15) is 6.04 Å². The fraction of sp³-hybridized carbons (Fsp3) is 0.462. The number of carbonyl (C=O) groups is 2. The van der Waals surface area contributed by atoms with Crippen LogP contribution in [0.5, 0.6) is 0 Å². The van der Waals surface area contributed by atoms with Crippen LogP contribution in [0.1, 0.15) is 66.9 Å². The van der Waals surface area contributed by atoms with E-state index in [0.717, 1.165) is 43.1 Å². The van der Waals surface area contributed by atoms with Gasteiger partial charge < -0.3 is 10.6 Å². The first kappa shape index (κ1) is 25.7. The molecule has 184 valence electrons. The minimum atomic E-state index is -3.75. The van der Waals surface area contributed by atoms with Crippen LogP contribution in [0, 0.1) is 13.8 Å². The molecule has 0 bridgehead atoms. The largest absolute Gasteiger partial charge is 0.349 e. The predicted molar refractivity (Wildman–Crippen MR) is 137 cm³/mol. The molecule has 0 radical (unpaired) electrons. The van der Waals surface area contributed by atoms with Crippen molar-refractivity contribution in [3.8, 4) is 0 Å². The molecule has 7 nitrogen and oxygen atoms in total. The van der Waals surface area contributed by atoms with Crippen molar-refractivity contribution >= 4 is 33.2 Å². The van der Waals surface area contributed by atoms with E-state index >= 15 is 0 Å². The number of nitrogens with zero attached hydrogens (tertiary/aromatic N) is 1. The Hall–Kier alpha value is -2.87. The number of carbonyl (C=O) groups excluding carboxylic acids is 2. The van der Waals surface area contributed by atoms with Gasteiger partial charge in [-0.05, 0) is 68.5 Å². The summed E-state index contributed by atoms with van der Waals surface area (Å²) in [4.78, 5) is 26.3. The molecule has 2 aromatic carbocycles. The van der Waals surface area contributed by atoms with Crippen molar-refractivity contribution in [2.24, 2.45) is 0 Å². The molecule has 1 aliphatic carbocycles. The Labute approximate surface area is 203 Å². The highest BCUT2D eigenvalue weighted by molar-refractivity contribution is 7.92. The van der Waals surface area contributed by atoms with Gasteiger partial charge in [0.25, 0.3) is 5.91 Å². The maximum absolute atomic E-state index is 13.4. The highest BCUT2D eigenvalue weighted by Crippen LogP contribution is 2.26. The van der Waals surface area contributed by atoms with E-state index in [1.807, 2.05) is 19.9 Å². The summed E-state index contributed by atoms with van der Waals surface area (Å²) in [5.74, 6) is -0.714. The lowest BCUT2D eigenvalue weighted by molar-refractivity contribution is -0.117. The molecule has 1 aliphatic rings. The van der Waals surface area contributed by atoms with Crippen molar-refractivity contribution in [3.63, 3.8) is 0 Å². The molecule has 8 heteroatoms. The van der Waals surface area contributed by atoms with E-state index < -0.39 is 22.0 Å². The highest BCUT2D eigenvalue weighted by atomic mass is 32.2. The quantitative estimate of drug-likeness (QED) is 0.573. The number of rotatable bonds is 8. The summed E-state index contributed by atoms with van der Waals surface area (Å²) in [6.45, 7) is 5.62. The Balaban J connectivity index is 1.86. The Bertz CT molecular complexity index is 1140. The molecule has 1 saturated carbocycles. The SMILES string of the molecule is CC[C@H](C(=O)Nc1ccccc1C(=O)NC1CCCCC1)N(c1ccc(C)c(C)c1)S(C)(=O)=O. The van der Waals surface area contributed by atoms with E-state index in [0.29, 0.717) is 16.9 Å². The van der Waals surface area contributed by atoms with Crippen LogP contribution < -0.4 is 14.9 Å². The number of nitrogens with one attached hydrogen (secondary N) is 2. The number of hydrogen-bond acceptors (Lipinski definition) is 4. The molecule has 3 rings (SSSR count). The van der Waals surface area contributed by atoms with E-state index in [1.54, 1.807) is 43.3 Å². The summed E-state index contributed by atoms with van der Waals surface area (Å²) in [5, 5.41) is 5.90. The molecule has 2 N–H and O–H groups in total. The number of para-hydroxylation sites is 1. The Kier molecular flexibility index (Phi) is 8.36. The summed E-state index contributed by atoms with van der Waals surface area (Å²) in [6.07, 6.45) is 6.66. The topological polar surface area (TPSA) is 95.6 Å². The number of anilines is 2. The number of sulfonamides is 1. The van der Waals surface area contributed by atoms with Gasteiger partial charge in [0.15, 0.2) is 0 Å². The molecule has 0 unspecified atom stereocenters. The highest BCUT2D eigenvalue weighted by Gasteiger charge is 2.32. The van der Waals surface area contributed by atoms with Gasteiger partial charge in [0.05, 0.1) is 23.2 Å². The van der Waals surface area contributed by atoms with Crippen LogP contribution in [0.15, 0.2) is 42.5 Å². The van der Waals surface area contributed by atoms with Gasteiger partial charge in [-0.1, -0.05) is 44.4 Å². The van der Waals surface area contributed by atoms with Crippen LogP contribution in [0.3, 0.4) is 0 Å². The number of amides is 2. The molecule has 0 saturated heterocycles. The lowest BCUT2D eigenvalue weighted by atomic mass is 9.95. The van der Waals surface area contributed by atoms with Gasteiger partial charge in [-0.3, -0.25) is 13.9 Å². The minimum Gasteiger partial charge on any atom is -0.349 e. The first-order chi connectivity index (χ1) is 16.1. The zero-order valence-electron chi connectivity index (χ0n) is 20.4. The molecular formula is C26H35N3O4S. The van der Waals surface area contributed by atoms with Crippen LogP contribution in [-0.4, -0.2) is 38.6 Å². The van der Waals surface area contributed by atoms with E-state index in [1.165, 1.54) is 10.7 Å². The molecule has 0 aliphatic heterocycles. The van der Waals surface area contributed by atoms with Crippen LogP contribution in [0.4, 0.5) is 11.4 Å². The predicted octanol–water partition coefficient (Wildman–Crippen LogP) is 4.55. The van der Waals surface area contributed by atoms with E-state index in [2.05, 4.69) is 10.6 Å². The number of hydrogen-bond donors (Lipinski definition) is 2. The molecule has 0 heterocycles. The fourth-order valence-electron chi connectivity index (χ4n) is 4.44. The average molecular weight is 486 g/mol. The second kappa shape index (κ2) is 11.0. The van der Waals surface area contributed by atoms with Crippen molar-refractivity contribution in [1.82, 2.24) is 5.32 Å². The van der Waals surface area contributed by atoms with E-state index in [9.17, 15) is 18.0 Å². The molecule has 1 fully saturated rings. The van der Waals surface area contributed by atoms with Gasteiger partial charge in [0.2, 0.25) is 15.9 Å². The van der Waals surface area contributed by atoms with Crippen LogP contribution >= 0.6 is 0 Å². The van der Waals surface area contributed by atoms with Gasteiger partial charge in [-0.25, -0.2) is 8.42 Å². The van der Waals surface area contributed by atoms with E-state index in [-0.39, 0.29) is 18.4 Å². The number of benzene rings is 2. The number of aryl methyl sites for hydroxylation is 2. The molecule has 2 amide bonds. The van der Waals surface area contributed by atoms with E-state index in [4.69, 9.17) is 0 Å². The zero-order chi connectivity index (χ0) is 24.9. The van der Waals surface area contributed by atoms with Gasteiger partial charge in [-0.2, -0.15) is 0 Å². The van der Waals surface area contributed by atoms with Gasteiger partial charge in [-0.15, -0.1) is 0 Å². The third kappa shape index (κ3) is 6.17. The molecular weight excluding hydrogens is 450 g/mol. The molecule has 1 atom stereocenters. The summed E-state index contributed by atoms with van der Waals surface area (Å²) in [6, 6.07) is 11.3.